The monoisotopic (exact) mass is 416 g/mol. The molecular weight excluding hydrogens is 403 g/mol. The number of likely N-dealkylation sites (N-methyl/N-ethyl adjacent to an activating group) is 1. The molecule has 1 atom stereocenters. The van der Waals surface area contributed by atoms with Crippen molar-refractivity contribution >= 4 is 50.9 Å². The lowest BCUT2D eigenvalue weighted by molar-refractivity contribution is -0.124. The van der Waals surface area contributed by atoms with E-state index in [2.05, 4.69) is 20.9 Å². The van der Waals surface area contributed by atoms with Gasteiger partial charge >= 0.3 is 0 Å². The van der Waals surface area contributed by atoms with Crippen molar-refractivity contribution in [3.8, 4) is 5.75 Å². The van der Waals surface area contributed by atoms with Crippen molar-refractivity contribution in [2.24, 2.45) is 0 Å². The second-order valence-electron chi connectivity index (χ2n) is 4.75. The molecule has 2 rings (SSSR count). The summed E-state index contributed by atoms with van der Waals surface area (Å²) in [5, 5.41) is 0.873. The molecule has 1 heterocycles. The molecule has 1 aromatic heterocycles. The number of ether oxygens (including phenoxy) is 1. The van der Waals surface area contributed by atoms with Crippen LogP contribution in [-0.4, -0.2) is 23.5 Å². The molecular formula is C16H15BrCl2N2O2. The first-order valence-corrected chi connectivity index (χ1v) is 8.52. The lowest BCUT2D eigenvalue weighted by atomic mass is 10.3. The molecule has 7 heteroatoms. The van der Waals surface area contributed by atoms with Crippen molar-refractivity contribution in [3.63, 3.8) is 0 Å². The fourth-order valence-corrected chi connectivity index (χ4v) is 2.68. The number of aromatic nitrogens is 1. The zero-order chi connectivity index (χ0) is 17.0. The molecule has 0 bridgehead atoms. The van der Waals surface area contributed by atoms with Gasteiger partial charge in [-0.05, 0) is 60.1 Å². The molecule has 1 aromatic carbocycles. The van der Waals surface area contributed by atoms with E-state index in [1.54, 1.807) is 42.3 Å². The first kappa shape index (κ1) is 18.0. The minimum atomic E-state index is -0.709. The van der Waals surface area contributed by atoms with Crippen LogP contribution in [0.3, 0.4) is 0 Å². The third-order valence-electron chi connectivity index (χ3n) is 3.12. The number of pyridine rings is 1. The summed E-state index contributed by atoms with van der Waals surface area (Å²) in [5.41, 5.74) is 0. The van der Waals surface area contributed by atoms with Gasteiger partial charge in [-0.3, -0.25) is 9.69 Å². The van der Waals surface area contributed by atoms with Crippen LogP contribution in [0.4, 0.5) is 5.82 Å². The van der Waals surface area contributed by atoms with E-state index in [4.69, 9.17) is 27.9 Å². The Morgan fingerprint density at radius 3 is 2.65 bits per heavy atom. The van der Waals surface area contributed by atoms with Crippen LogP contribution in [0.1, 0.15) is 13.8 Å². The summed E-state index contributed by atoms with van der Waals surface area (Å²) in [5.74, 6) is 0.781. The Morgan fingerprint density at radius 1 is 1.35 bits per heavy atom. The summed E-state index contributed by atoms with van der Waals surface area (Å²) in [6.07, 6.45) is 0.937. The largest absolute Gasteiger partial charge is 0.479 e. The van der Waals surface area contributed by atoms with E-state index >= 15 is 0 Å². The number of carbonyl (C=O) groups is 1. The number of carbonyl (C=O) groups excluding carboxylic acids is 1. The first-order chi connectivity index (χ1) is 10.9. The molecule has 1 amide bonds. The second-order valence-corrected chi connectivity index (χ2v) is 6.51. The number of hydrogen-bond donors (Lipinski definition) is 0. The average Bonchev–Trinajstić information content (AvgIpc) is 2.52. The molecule has 0 saturated carbocycles. The highest BCUT2D eigenvalue weighted by molar-refractivity contribution is 9.10. The minimum absolute atomic E-state index is 0.201. The van der Waals surface area contributed by atoms with E-state index in [1.165, 1.54) is 0 Å². The van der Waals surface area contributed by atoms with Gasteiger partial charge in [0, 0.05) is 22.2 Å². The van der Waals surface area contributed by atoms with E-state index in [1.807, 2.05) is 13.0 Å². The van der Waals surface area contributed by atoms with Gasteiger partial charge < -0.3 is 4.74 Å². The summed E-state index contributed by atoms with van der Waals surface area (Å²) in [7, 11) is 0. The summed E-state index contributed by atoms with van der Waals surface area (Å²) >= 11 is 15.3. The minimum Gasteiger partial charge on any atom is -0.479 e. The van der Waals surface area contributed by atoms with Gasteiger partial charge in [-0.25, -0.2) is 4.98 Å². The van der Waals surface area contributed by atoms with E-state index in [-0.39, 0.29) is 5.91 Å². The van der Waals surface area contributed by atoms with Gasteiger partial charge in [0.05, 0.1) is 5.02 Å². The van der Waals surface area contributed by atoms with Gasteiger partial charge in [0.25, 0.3) is 5.91 Å². The van der Waals surface area contributed by atoms with Crippen LogP contribution in [0, 0.1) is 0 Å². The number of benzene rings is 1. The highest BCUT2D eigenvalue weighted by Gasteiger charge is 2.23. The molecule has 0 aliphatic rings. The van der Waals surface area contributed by atoms with Crippen LogP contribution in [0.25, 0.3) is 0 Å². The standard InChI is InChI=1S/C16H15BrCl2N2O2/c1-3-21(15-7-4-11(17)9-20-15)16(22)10(2)23-14-6-5-12(18)8-13(14)19/h4-10H,3H2,1-2H3. The maximum atomic E-state index is 12.6. The fourth-order valence-electron chi connectivity index (χ4n) is 1.99. The molecule has 0 fully saturated rings. The smallest absolute Gasteiger partial charge is 0.268 e. The molecule has 122 valence electrons. The number of hydrogen-bond acceptors (Lipinski definition) is 3. The van der Waals surface area contributed by atoms with Gasteiger partial charge in [-0.2, -0.15) is 0 Å². The SMILES string of the molecule is CCN(C(=O)C(C)Oc1ccc(Cl)cc1Cl)c1ccc(Br)cn1. The Hall–Kier alpha value is -1.30. The quantitative estimate of drug-likeness (QED) is 0.689. The van der Waals surface area contributed by atoms with Crippen LogP contribution in [0.5, 0.6) is 5.75 Å². The second kappa shape index (κ2) is 7.99. The average molecular weight is 418 g/mol. The van der Waals surface area contributed by atoms with E-state index in [0.717, 1.165) is 4.47 Å². The molecule has 0 saturated heterocycles. The molecule has 0 aliphatic heterocycles. The van der Waals surface area contributed by atoms with Gasteiger partial charge in [-0.1, -0.05) is 23.2 Å². The molecule has 1 unspecified atom stereocenters. The summed E-state index contributed by atoms with van der Waals surface area (Å²) in [6.45, 7) is 4.04. The summed E-state index contributed by atoms with van der Waals surface area (Å²) < 4.78 is 6.52. The maximum absolute atomic E-state index is 12.6. The zero-order valence-electron chi connectivity index (χ0n) is 12.6. The van der Waals surface area contributed by atoms with Gasteiger partial charge in [-0.15, -0.1) is 0 Å². The Labute approximate surface area is 153 Å². The van der Waals surface area contributed by atoms with Gasteiger partial charge in [0.2, 0.25) is 0 Å². The van der Waals surface area contributed by atoms with Crippen molar-refractivity contribution in [2.45, 2.75) is 20.0 Å². The number of halogens is 3. The molecule has 0 aliphatic carbocycles. The predicted molar refractivity (Wildman–Crippen MR) is 96.5 cm³/mol. The van der Waals surface area contributed by atoms with E-state index < -0.39 is 6.10 Å². The van der Waals surface area contributed by atoms with Crippen LogP contribution >= 0.6 is 39.1 Å². The lowest BCUT2D eigenvalue weighted by Gasteiger charge is -2.24. The van der Waals surface area contributed by atoms with Crippen molar-refractivity contribution in [1.82, 2.24) is 4.98 Å². The Balaban J connectivity index is 2.15. The number of nitrogens with zero attached hydrogens (tertiary/aromatic N) is 2. The molecule has 4 nitrogen and oxygen atoms in total. The summed E-state index contributed by atoms with van der Waals surface area (Å²) in [6, 6.07) is 8.48. The van der Waals surface area contributed by atoms with Crippen molar-refractivity contribution in [2.75, 3.05) is 11.4 Å². The molecule has 23 heavy (non-hydrogen) atoms. The zero-order valence-corrected chi connectivity index (χ0v) is 15.7. The van der Waals surface area contributed by atoms with E-state index in [9.17, 15) is 4.79 Å². The maximum Gasteiger partial charge on any atom is 0.268 e. The Kier molecular flexibility index (Phi) is 6.27. The highest BCUT2D eigenvalue weighted by atomic mass is 79.9. The first-order valence-electron chi connectivity index (χ1n) is 6.97. The van der Waals surface area contributed by atoms with Crippen molar-refractivity contribution < 1.29 is 9.53 Å². The predicted octanol–water partition coefficient (Wildman–Crippen LogP) is 4.97. The molecule has 0 radical (unpaired) electrons. The number of anilines is 1. The fraction of sp³-hybridized carbons (Fsp3) is 0.250. The third-order valence-corrected chi connectivity index (χ3v) is 4.12. The molecule has 2 aromatic rings. The topological polar surface area (TPSA) is 42.4 Å². The van der Waals surface area contributed by atoms with E-state index in [0.29, 0.717) is 28.2 Å². The number of rotatable bonds is 5. The number of amides is 1. The van der Waals surface area contributed by atoms with Gasteiger partial charge in [0.1, 0.15) is 11.6 Å². The third kappa shape index (κ3) is 4.59. The van der Waals surface area contributed by atoms with Crippen LogP contribution in [0.15, 0.2) is 41.0 Å². The van der Waals surface area contributed by atoms with Crippen LogP contribution in [0.2, 0.25) is 10.0 Å². The lowest BCUT2D eigenvalue weighted by Crippen LogP contribution is -2.41. The molecule has 0 N–H and O–H groups in total. The summed E-state index contributed by atoms with van der Waals surface area (Å²) in [4.78, 5) is 18.4. The van der Waals surface area contributed by atoms with Crippen molar-refractivity contribution in [3.05, 3.63) is 51.0 Å². The van der Waals surface area contributed by atoms with Crippen LogP contribution < -0.4 is 9.64 Å². The van der Waals surface area contributed by atoms with Crippen molar-refractivity contribution in [1.29, 1.82) is 0 Å². The van der Waals surface area contributed by atoms with Gasteiger partial charge in [0.15, 0.2) is 6.10 Å². The highest BCUT2D eigenvalue weighted by Crippen LogP contribution is 2.28. The van der Waals surface area contributed by atoms with Crippen LogP contribution in [-0.2, 0) is 4.79 Å². The Morgan fingerprint density at radius 2 is 2.09 bits per heavy atom. The molecule has 0 spiro atoms. The normalized spacial score (nSPS) is 11.9. The Bertz CT molecular complexity index is 695.